The van der Waals surface area contributed by atoms with Gasteiger partial charge < -0.3 is 15.8 Å². The summed E-state index contributed by atoms with van der Waals surface area (Å²) < 4.78 is 5.34. The standard InChI is InChI=1S/C11H20N4O/c1-4-9(12)7-13-11-14-8(3)6-10(15-11)16-5-2/h6,9H,4-5,7,12H2,1-3H3,(H,13,14,15). The third-order valence-electron chi connectivity index (χ3n) is 2.17. The number of aryl methyl sites for hydroxylation is 1. The second-order valence-corrected chi connectivity index (χ2v) is 3.65. The Hall–Kier alpha value is -1.36. The van der Waals surface area contributed by atoms with Crippen molar-refractivity contribution in [1.29, 1.82) is 0 Å². The number of aromatic nitrogens is 2. The second-order valence-electron chi connectivity index (χ2n) is 3.65. The second kappa shape index (κ2) is 6.27. The average molecular weight is 224 g/mol. The van der Waals surface area contributed by atoms with Crippen molar-refractivity contribution in [2.24, 2.45) is 5.73 Å². The lowest BCUT2D eigenvalue weighted by Gasteiger charge is -2.11. The summed E-state index contributed by atoms with van der Waals surface area (Å²) in [4.78, 5) is 8.49. The molecule has 0 bridgehead atoms. The molecular formula is C11H20N4O. The number of rotatable bonds is 6. The fourth-order valence-electron chi connectivity index (χ4n) is 1.21. The molecule has 90 valence electrons. The van der Waals surface area contributed by atoms with Gasteiger partial charge in [0.1, 0.15) is 0 Å². The van der Waals surface area contributed by atoms with E-state index in [1.165, 1.54) is 0 Å². The van der Waals surface area contributed by atoms with Crippen LogP contribution in [0.1, 0.15) is 26.0 Å². The van der Waals surface area contributed by atoms with Gasteiger partial charge in [0.2, 0.25) is 11.8 Å². The Morgan fingerprint density at radius 2 is 2.19 bits per heavy atom. The highest BCUT2D eigenvalue weighted by atomic mass is 16.5. The summed E-state index contributed by atoms with van der Waals surface area (Å²) in [5.41, 5.74) is 6.69. The van der Waals surface area contributed by atoms with Crippen LogP contribution in [-0.2, 0) is 0 Å². The molecule has 3 N–H and O–H groups in total. The quantitative estimate of drug-likeness (QED) is 0.762. The third-order valence-corrected chi connectivity index (χ3v) is 2.17. The van der Waals surface area contributed by atoms with Gasteiger partial charge in [-0.1, -0.05) is 6.92 Å². The van der Waals surface area contributed by atoms with Gasteiger partial charge in [-0.25, -0.2) is 4.98 Å². The molecule has 0 aliphatic heterocycles. The van der Waals surface area contributed by atoms with E-state index in [2.05, 4.69) is 22.2 Å². The first-order valence-electron chi connectivity index (χ1n) is 5.63. The summed E-state index contributed by atoms with van der Waals surface area (Å²) in [7, 11) is 0. The van der Waals surface area contributed by atoms with Crippen LogP contribution in [0.15, 0.2) is 6.07 Å². The molecule has 0 aliphatic rings. The maximum atomic E-state index is 5.81. The molecule has 5 heteroatoms. The van der Waals surface area contributed by atoms with Crippen molar-refractivity contribution in [3.05, 3.63) is 11.8 Å². The fraction of sp³-hybridized carbons (Fsp3) is 0.636. The molecule has 1 atom stereocenters. The SMILES string of the molecule is CCOc1cc(C)nc(NCC(N)CC)n1. The van der Waals surface area contributed by atoms with E-state index in [-0.39, 0.29) is 6.04 Å². The van der Waals surface area contributed by atoms with Gasteiger partial charge in [-0.05, 0) is 20.3 Å². The van der Waals surface area contributed by atoms with E-state index in [0.29, 0.717) is 25.0 Å². The van der Waals surface area contributed by atoms with E-state index in [4.69, 9.17) is 10.5 Å². The lowest BCUT2D eigenvalue weighted by atomic mass is 10.2. The third kappa shape index (κ3) is 4.02. The minimum atomic E-state index is 0.125. The lowest BCUT2D eigenvalue weighted by molar-refractivity contribution is 0.326. The normalized spacial score (nSPS) is 12.2. The molecule has 0 fully saturated rings. The minimum Gasteiger partial charge on any atom is -0.478 e. The molecule has 1 rings (SSSR count). The zero-order valence-electron chi connectivity index (χ0n) is 10.2. The summed E-state index contributed by atoms with van der Waals surface area (Å²) in [5.74, 6) is 1.18. The monoisotopic (exact) mass is 224 g/mol. The first-order chi connectivity index (χ1) is 7.65. The van der Waals surface area contributed by atoms with Gasteiger partial charge in [-0.15, -0.1) is 0 Å². The number of nitrogens with one attached hydrogen (secondary N) is 1. The predicted octanol–water partition coefficient (Wildman–Crippen LogP) is 1.33. The number of anilines is 1. The molecule has 1 unspecified atom stereocenters. The molecule has 0 spiro atoms. The number of ether oxygens (including phenoxy) is 1. The summed E-state index contributed by atoms with van der Waals surface area (Å²) in [5, 5.41) is 3.11. The Labute approximate surface area is 96.4 Å². The molecule has 0 radical (unpaired) electrons. The van der Waals surface area contributed by atoms with Crippen LogP contribution < -0.4 is 15.8 Å². The van der Waals surface area contributed by atoms with Gasteiger partial charge >= 0.3 is 0 Å². The topological polar surface area (TPSA) is 73.1 Å². The van der Waals surface area contributed by atoms with Crippen molar-refractivity contribution < 1.29 is 4.74 Å². The number of hydrogen-bond acceptors (Lipinski definition) is 5. The van der Waals surface area contributed by atoms with Crippen LogP contribution in [0.25, 0.3) is 0 Å². The highest BCUT2D eigenvalue weighted by molar-refractivity contribution is 5.30. The summed E-state index contributed by atoms with van der Waals surface area (Å²) >= 11 is 0. The Morgan fingerprint density at radius 1 is 1.44 bits per heavy atom. The van der Waals surface area contributed by atoms with Crippen LogP contribution in [0.2, 0.25) is 0 Å². The van der Waals surface area contributed by atoms with Gasteiger partial charge in [-0.2, -0.15) is 4.98 Å². The number of hydrogen-bond donors (Lipinski definition) is 2. The van der Waals surface area contributed by atoms with E-state index in [0.717, 1.165) is 12.1 Å². The van der Waals surface area contributed by atoms with Crippen LogP contribution >= 0.6 is 0 Å². The van der Waals surface area contributed by atoms with E-state index in [1.807, 2.05) is 19.9 Å². The molecule has 0 saturated heterocycles. The van der Waals surface area contributed by atoms with Crippen LogP contribution in [0, 0.1) is 6.92 Å². The van der Waals surface area contributed by atoms with E-state index >= 15 is 0 Å². The number of nitrogens with two attached hydrogens (primary N) is 1. The Morgan fingerprint density at radius 3 is 2.81 bits per heavy atom. The Balaban J connectivity index is 2.64. The summed E-state index contributed by atoms with van der Waals surface area (Å²) in [6, 6.07) is 1.94. The molecule has 0 aromatic carbocycles. The highest BCUT2D eigenvalue weighted by Crippen LogP contribution is 2.11. The van der Waals surface area contributed by atoms with Crippen molar-refractivity contribution in [3.8, 4) is 5.88 Å². The van der Waals surface area contributed by atoms with Crippen molar-refractivity contribution in [1.82, 2.24) is 9.97 Å². The Bertz CT molecular complexity index is 330. The molecule has 1 heterocycles. The molecular weight excluding hydrogens is 204 g/mol. The maximum absolute atomic E-state index is 5.81. The minimum absolute atomic E-state index is 0.125. The zero-order chi connectivity index (χ0) is 12.0. The summed E-state index contributed by atoms with van der Waals surface area (Å²) in [6.07, 6.45) is 0.928. The molecule has 5 nitrogen and oxygen atoms in total. The molecule has 0 amide bonds. The van der Waals surface area contributed by atoms with Crippen molar-refractivity contribution >= 4 is 5.95 Å². The van der Waals surface area contributed by atoms with E-state index in [9.17, 15) is 0 Å². The van der Waals surface area contributed by atoms with Gasteiger partial charge in [0.05, 0.1) is 6.61 Å². The number of nitrogens with zero attached hydrogens (tertiary/aromatic N) is 2. The van der Waals surface area contributed by atoms with Gasteiger partial charge in [0, 0.05) is 24.3 Å². The molecule has 0 aliphatic carbocycles. The predicted molar refractivity (Wildman–Crippen MR) is 64.7 cm³/mol. The first kappa shape index (κ1) is 12.7. The highest BCUT2D eigenvalue weighted by Gasteiger charge is 2.04. The van der Waals surface area contributed by atoms with E-state index in [1.54, 1.807) is 0 Å². The lowest BCUT2D eigenvalue weighted by Crippen LogP contribution is -2.28. The molecule has 0 saturated carbocycles. The molecule has 16 heavy (non-hydrogen) atoms. The Kier molecular flexibility index (Phi) is 4.98. The zero-order valence-corrected chi connectivity index (χ0v) is 10.2. The van der Waals surface area contributed by atoms with Crippen molar-refractivity contribution in [2.75, 3.05) is 18.5 Å². The van der Waals surface area contributed by atoms with Crippen LogP contribution in [-0.4, -0.2) is 29.2 Å². The van der Waals surface area contributed by atoms with Gasteiger partial charge in [-0.3, -0.25) is 0 Å². The first-order valence-corrected chi connectivity index (χ1v) is 5.63. The largest absolute Gasteiger partial charge is 0.478 e. The van der Waals surface area contributed by atoms with Crippen LogP contribution in [0.4, 0.5) is 5.95 Å². The van der Waals surface area contributed by atoms with Crippen molar-refractivity contribution in [2.45, 2.75) is 33.2 Å². The van der Waals surface area contributed by atoms with Crippen molar-refractivity contribution in [3.63, 3.8) is 0 Å². The molecule has 1 aromatic heterocycles. The van der Waals surface area contributed by atoms with Crippen LogP contribution in [0.5, 0.6) is 5.88 Å². The maximum Gasteiger partial charge on any atom is 0.226 e. The average Bonchev–Trinajstić information content (AvgIpc) is 2.25. The summed E-state index contributed by atoms with van der Waals surface area (Å²) in [6.45, 7) is 7.16. The van der Waals surface area contributed by atoms with Gasteiger partial charge in [0.25, 0.3) is 0 Å². The fourth-order valence-corrected chi connectivity index (χ4v) is 1.21. The molecule has 1 aromatic rings. The van der Waals surface area contributed by atoms with E-state index < -0.39 is 0 Å². The van der Waals surface area contributed by atoms with Gasteiger partial charge in [0.15, 0.2) is 0 Å². The smallest absolute Gasteiger partial charge is 0.226 e. The van der Waals surface area contributed by atoms with Crippen LogP contribution in [0.3, 0.4) is 0 Å².